The van der Waals surface area contributed by atoms with Crippen LogP contribution in [-0.2, 0) is 0 Å². The monoisotopic (exact) mass is 330 g/mol. The van der Waals surface area contributed by atoms with Crippen molar-refractivity contribution in [2.45, 2.75) is 0 Å². The molecule has 4 aromatic rings. The SMILES string of the molecule is COc1c(O)cc2oc3cc(O)c(OC)c4c(=O)oc(=O)c1c2c34. The molecule has 0 atom stereocenters. The van der Waals surface area contributed by atoms with Crippen molar-refractivity contribution in [2.75, 3.05) is 14.2 Å². The molecule has 0 bridgehead atoms. The van der Waals surface area contributed by atoms with Gasteiger partial charge in [-0.05, 0) is 0 Å². The lowest BCUT2D eigenvalue weighted by molar-refractivity contribution is 0.374. The number of furan rings is 1. The summed E-state index contributed by atoms with van der Waals surface area (Å²) in [4.78, 5) is 24.8. The molecule has 0 spiro atoms. The fourth-order valence-electron chi connectivity index (χ4n) is 3.02. The molecule has 0 aliphatic rings. The second-order valence-corrected chi connectivity index (χ2v) is 5.13. The normalized spacial score (nSPS) is 11.6. The fraction of sp³-hybridized carbons (Fsp3) is 0.125. The van der Waals surface area contributed by atoms with Crippen LogP contribution in [0.3, 0.4) is 0 Å². The fourth-order valence-corrected chi connectivity index (χ4v) is 3.02. The van der Waals surface area contributed by atoms with E-state index < -0.39 is 11.3 Å². The van der Waals surface area contributed by atoms with Crippen LogP contribution in [0, 0.1) is 0 Å². The number of phenolic OH excluding ortho intramolecular Hbond substituents is 2. The predicted molar refractivity (Wildman–Crippen MR) is 83.7 cm³/mol. The smallest absolute Gasteiger partial charge is 0.350 e. The minimum Gasteiger partial charge on any atom is -0.504 e. The zero-order chi connectivity index (χ0) is 17.2. The van der Waals surface area contributed by atoms with Crippen molar-refractivity contribution in [3.8, 4) is 23.0 Å². The lowest BCUT2D eigenvalue weighted by atomic mass is 10.0. The third-order valence-corrected chi connectivity index (χ3v) is 3.92. The van der Waals surface area contributed by atoms with E-state index in [1.54, 1.807) is 0 Å². The summed E-state index contributed by atoms with van der Waals surface area (Å²) < 4.78 is 20.6. The maximum absolute atomic E-state index is 12.4. The van der Waals surface area contributed by atoms with Crippen LogP contribution in [0.15, 0.2) is 30.6 Å². The molecule has 2 N–H and O–H groups in total. The maximum atomic E-state index is 12.4. The van der Waals surface area contributed by atoms with Gasteiger partial charge in [-0.3, -0.25) is 0 Å². The van der Waals surface area contributed by atoms with Crippen molar-refractivity contribution in [3.05, 3.63) is 33.0 Å². The Morgan fingerprint density at radius 1 is 0.750 bits per heavy atom. The van der Waals surface area contributed by atoms with Crippen LogP contribution in [0.4, 0.5) is 0 Å². The largest absolute Gasteiger partial charge is 0.504 e. The molecule has 0 unspecified atom stereocenters. The van der Waals surface area contributed by atoms with Crippen molar-refractivity contribution >= 4 is 32.7 Å². The van der Waals surface area contributed by atoms with Crippen molar-refractivity contribution < 1.29 is 28.5 Å². The molecule has 0 aliphatic heterocycles. The van der Waals surface area contributed by atoms with Gasteiger partial charge < -0.3 is 28.5 Å². The molecule has 2 heterocycles. The molecule has 0 saturated carbocycles. The quantitative estimate of drug-likeness (QED) is 0.572. The number of aromatic hydroxyl groups is 2. The van der Waals surface area contributed by atoms with Crippen LogP contribution in [0.2, 0.25) is 0 Å². The first-order chi connectivity index (χ1) is 11.5. The first-order valence-electron chi connectivity index (χ1n) is 6.80. The number of hydrogen-bond donors (Lipinski definition) is 2. The first kappa shape index (κ1) is 14.2. The van der Waals surface area contributed by atoms with Crippen molar-refractivity contribution in [1.82, 2.24) is 0 Å². The highest BCUT2D eigenvalue weighted by Gasteiger charge is 2.26. The number of ether oxygens (including phenoxy) is 2. The summed E-state index contributed by atoms with van der Waals surface area (Å²) in [5.74, 6) is -0.961. The second-order valence-electron chi connectivity index (χ2n) is 5.13. The molecule has 0 radical (unpaired) electrons. The third-order valence-electron chi connectivity index (χ3n) is 3.92. The lowest BCUT2D eigenvalue weighted by Gasteiger charge is -2.05. The minimum absolute atomic E-state index is 0.133. The summed E-state index contributed by atoms with van der Waals surface area (Å²) in [5, 5.41) is 20.3. The van der Waals surface area contributed by atoms with Crippen LogP contribution >= 0.6 is 0 Å². The third kappa shape index (κ3) is 1.56. The van der Waals surface area contributed by atoms with Gasteiger partial charge in [0.15, 0.2) is 23.0 Å². The van der Waals surface area contributed by atoms with Gasteiger partial charge in [-0.15, -0.1) is 0 Å². The Morgan fingerprint density at radius 2 is 1.17 bits per heavy atom. The van der Waals surface area contributed by atoms with E-state index >= 15 is 0 Å². The van der Waals surface area contributed by atoms with Gasteiger partial charge >= 0.3 is 11.3 Å². The molecule has 8 nitrogen and oxygen atoms in total. The number of rotatable bonds is 2. The standard InChI is InChI=1S/C16H10O8/c1-21-13-5(17)3-7-9-10-8(23-7)4-6(18)14(22-2)12(10)16(20)24-15(19)11(9)13/h3-4,17-18H,1-2H3. The zero-order valence-corrected chi connectivity index (χ0v) is 12.5. The van der Waals surface area contributed by atoms with E-state index in [-0.39, 0.29) is 55.7 Å². The van der Waals surface area contributed by atoms with E-state index in [9.17, 15) is 19.8 Å². The van der Waals surface area contributed by atoms with E-state index in [1.165, 1.54) is 26.4 Å². The highest BCUT2D eigenvalue weighted by molar-refractivity contribution is 6.23. The molecular weight excluding hydrogens is 320 g/mol. The molecule has 2 aromatic carbocycles. The Balaban J connectivity index is 2.52. The number of methoxy groups -OCH3 is 2. The van der Waals surface area contributed by atoms with Gasteiger partial charge in [0.05, 0.1) is 14.2 Å². The van der Waals surface area contributed by atoms with Gasteiger partial charge in [0.2, 0.25) is 0 Å². The van der Waals surface area contributed by atoms with Crippen LogP contribution in [-0.4, -0.2) is 24.4 Å². The van der Waals surface area contributed by atoms with Gasteiger partial charge in [-0.2, -0.15) is 0 Å². The molecule has 2 aromatic heterocycles. The maximum Gasteiger partial charge on any atom is 0.350 e. The van der Waals surface area contributed by atoms with E-state index in [4.69, 9.17) is 18.3 Å². The number of benzene rings is 2. The van der Waals surface area contributed by atoms with Gasteiger partial charge in [0.25, 0.3) is 0 Å². The summed E-state index contributed by atoms with van der Waals surface area (Å²) in [5.41, 5.74) is -1.73. The Labute approximate surface area is 132 Å². The molecule has 0 amide bonds. The summed E-state index contributed by atoms with van der Waals surface area (Å²) in [7, 11) is 2.54. The Kier molecular flexibility index (Phi) is 2.69. The van der Waals surface area contributed by atoms with Gasteiger partial charge in [-0.1, -0.05) is 0 Å². The first-order valence-corrected chi connectivity index (χ1v) is 6.80. The average molecular weight is 330 g/mol. The average Bonchev–Trinajstić information content (AvgIpc) is 2.82. The predicted octanol–water partition coefficient (Wildman–Crippen LogP) is 1.92. The summed E-state index contributed by atoms with van der Waals surface area (Å²) >= 11 is 0. The summed E-state index contributed by atoms with van der Waals surface area (Å²) in [6, 6.07) is 2.52. The van der Waals surface area contributed by atoms with Gasteiger partial charge in [0.1, 0.15) is 21.9 Å². The Hall–Kier alpha value is -3.42. The van der Waals surface area contributed by atoms with Crippen molar-refractivity contribution in [2.24, 2.45) is 0 Å². The second kappa shape index (κ2) is 4.54. The number of hydrogen-bond acceptors (Lipinski definition) is 8. The van der Waals surface area contributed by atoms with E-state index in [0.29, 0.717) is 0 Å². The highest BCUT2D eigenvalue weighted by atomic mass is 16.5. The van der Waals surface area contributed by atoms with Crippen LogP contribution in [0.25, 0.3) is 32.7 Å². The van der Waals surface area contributed by atoms with Crippen molar-refractivity contribution in [1.29, 1.82) is 0 Å². The van der Waals surface area contributed by atoms with Crippen LogP contribution in [0.1, 0.15) is 0 Å². The van der Waals surface area contributed by atoms with Gasteiger partial charge in [-0.25, -0.2) is 9.59 Å². The molecular formula is C16H10O8. The topological polar surface area (TPSA) is 119 Å². The van der Waals surface area contributed by atoms with E-state index in [2.05, 4.69) is 0 Å². The van der Waals surface area contributed by atoms with E-state index in [0.717, 1.165) is 0 Å². The molecule has 122 valence electrons. The molecule has 8 heteroatoms. The molecule has 0 fully saturated rings. The lowest BCUT2D eigenvalue weighted by Crippen LogP contribution is -2.06. The van der Waals surface area contributed by atoms with Crippen LogP contribution in [0.5, 0.6) is 23.0 Å². The minimum atomic E-state index is -1.00. The van der Waals surface area contributed by atoms with Crippen LogP contribution < -0.4 is 20.7 Å². The summed E-state index contributed by atoms with van der Waals surface area (Å²) in [6.45, 7) is 0. The zero-order valence-electron chi connectivity index (χ0n) is 12.5. The molecule has 4 rings (SSSR count). The summed E-state index contributed by atoms with van der Waals surface area (Å²) in [6.07, 6.45) is 0. The molecule has 0 aliphatic carbocycles. The van der Waals surface area contributed by atoms with Gasteiger partial charge in [0, 0.05) is 22.9 Å². The molecule has 0 saturated heterocycles. The number of phenols is 2. The highest BCUT2D eigenvalue weighted by Crippen LogP contribution is 2.45. The Bertz CT molecular complexity index is 1140. The van der Waals surface area contributed by atoms with E-state index in [1.807, 2.05) is 0 Å². The Morgan fingerprint density at radius 3 is 1.54 bits per heavy atom. The molecule has 24 heavy (non-hydrogen) atoms. The van der Waals surface area contributed by atoms with Crippen molar-refractivity contribution in [3.63, 3.8) is 0 Å².